The first-order valence-electron chi connectivity index (χ1n) is 11.6. The maximum atomic E-state index is 12.9. The molecule has 0 saturated carbocycles. The van der Waals surface area contributed by atoms with Crippen LogP contribution in [0.1, 0.15) is 32.9 Å². The van der Waals surface area contributed by atoms with Gasteiger partial charge in [0.25, 0.3) is 12.3 Å². The average molecular weight is 510 g/mol. The fraction of sp³-hybridized carbons (Fsp3) is 0.280. The van der Waals surface area contributed by atoms with E-state index in [1.54, 1.807) is 10.7 Å². The van der Waals surface area contributed by atoms with Gasteiger partial charge in [-0.1, -0.05) is 29.5 Å². The van der Waals surface area contributed by atoms with Gasteiger partial charge in [-0.05, 0) is 49.1 Å². The second-order valence-corrected chi connectivity index (χ2v) is 9.79. The fourth-order valence-corrected chi connectivity index (χ4v) is 5.27. The molecule has 4 N–H and O–H groups in total. The normalized spacial score (nSPS) is 15.1. The zero-order valence-corrected chi connectivity index (χ0v) is 20.1. The summed E-state index contributed by atoms with van der Waals surface area (Å²) in [7, 11) is 0. The summed E-state index contributed by atoms with van der Waals surface area (Å²) >= 11 is 1.40. The largest absolute Gasteiger partial charge is 0.399 e. The molecular formula is C25H25F2N7OS. The van der Waals surface area contributed by atoms with Crippen molar-refractivity contribution in [2.24, 2.45) is 0 Å². The van der Waals surface area contributed by atoms with Gasteiger partial charge in [-0.2, -0.15) is 0 Å². The lowest BCUT2D eigenvalue weighted by Crippen LogP contribution is -2.37. The van der Waals surface area contributed by atoms with Crippen LogP contribution in [0.3, 0.4) is 0 Å². The number of carbonyl (C=O) groups excluding carboxylic acids is 1. The molecular weight excluding hydrogens is 484 g/mol. The minimum atomic E-state index is -2.37. The third-order valence-electron chi connectivity index (χ3n) is 6.00. The number of anilines is 2. The number of thiazole rings is 1. The zero-order valence-electron chi connectivity index (χ0n) is 19.3. The van der Waals surface area contributed by atoms with Crippen LogP contribution in [-0.4, -0.2) is 44.9 Å². The van der Waals surface area contributed by atoms with Crippen molar-refractivity contribution in [3.05, 3.63) is 76.4 Å². The molecule has 1 atom stereocenters. The SMILES string of the molecule is Nc1ccc(-c2cn(Cc3cccc(C(=O)Nc4nc5c(s4)CC(NCC(F)F)CC5)c3)nn2)cc1. The van der Waals surface area contributed by atoms with Gasteiger partial charge in [-0.3, -0.25) is 10.1 Å². The van der Waals surface area contributed by atoms with Crippen molar-refractivity contribution < 1.29 is 13.6 Å². The monoisotopic (exact) mass is 509 g/mol. The van der Waals surface area contributed by atoms with Crippen molar-refractivity contribution in [3.8, 4) is 11.3 Å². The first-order valence-corrected chi connectivity index (χ1v) is 12.4. The highest BCUT2D eigenvalue weighted by atomic mass is 32.1. The molecule has 2 aromatic carbocycles. The molecule has 8 nitrogen and oxygen atoms in total. The number of halogens is 2. The Morgan fingerprint density at radius 1 is 1.22 bits per heavy atom. The van der Waals surface area contributed by atoms with E-state index in [1.165, 1.54) is 11.3 Å². The first kappa shape index (κ1) is 24.0. The molecule has 1 aliphatic rings. The third-order valence-corrected chi connectivity index (χ3v) is 7.04. The van der Waals surface area contributed by atoms with Crippen molar-refractivity contribution >= 4 is 28.1 Å². The molecule has 1 amide bonds. The Morgan fingerprint density at radius 3 is 2.86 bits per heavy atom. The summed E-state index contributed by atoms with van der Waals surface area (Å²) in [6, 6.07) is 14.7. The highest BCUT2D eigenvalue weighted by Crippen LogP contribution is 2.30. The van der Waals surface area contributed by atoms with Gasteiger partial charge in [0.1, 0.15) is 5.69 Å². The molecule has 2 heterocycles. The summed E-state index contributed by atoms with van der Waals surface area (Å²) in [4.78, 5) is 18.5. The van der Waals surface area contributed by atoms with Crippen LogP contribution in [0.25, 0.3) is 11.3 Å². The Morgan fingerprint density at radius 2 is 2.06 bits per heavy atom. The van der Waals surface area contributed by atoms with Gasteiger partial charge in [-0.25, -0.2) is 18.4 Å². The highest BCUT2D eigenvalue weighted by Gasteiger charge is 2.23. The smallest absolute Gasteiger partial charge is 0.257 e. The minimum absolute atomic E-state index is 0.00417. The van der Waals surface area contributed by atoms with E-state index in [4.69, 9.17) is 5.73 Å². The molecule has 0 aliphatic heterocycles. The number of aryl methyl sites for hydroxylation is 1. The Hall–Kier alpha value is -3.70. The second kappa shape index (κ2) is 10.5. The maximum Gasteiger partial charge on any atom is 0.257 e. The minimum Gasteiger partial charge on any atom is -0.399 e. The van der Waals surface area contributed by atoms with E-state index in [0.29, 0.717) is 35.8 Å². The van der Waals surface area contributed by atoms with E-state index in [1.807, 2.05) is 48.7 Å². The summed E-state index contributed by atoms with van der Waals surface area (Å²) in [6.45, 7) is 0.150. The lowest BCUT2D eigenvalue weighted by atomic mass is 9.98. The summed E-state index contributed by atoms with van der Waals surface area (Å²) in [6.07, 6.45) is 1.58. The summed E-state index contributed by atoms with van der Waals surface area (Å²) < 4.78 is 26.7. The molecule has 186 valence electrons. The van der Waals surface area contributed by atoms with Crippen LogP contribution >= 0.6 is 11.3 Å². The number of alkyl halides is 2. The fourth-order valence-electron chi connectivity index (χ4n) is 4.19. The van der Waals surface area contributed by atoms with E-state index in [9.17, 15) is 13.6 Å². The predicted octanol–water partition coefficient (Wildman–Crippen LogP) is 4.00. The molecule has 0 saturated heterocycles. The number of carbonyl (C=O) groups is 1. The number of hydrogen-bond acceptors (Lipinski definition) is 7. The van der Waals surface area contributed by atoms with E-state index in [0.717, 1.165) is 33.8 Å². The van der Waals surface area contributed by atoms with Gasteiger partial charge in [0.2, 0.25) is 0 Å². The van der Waals surface area contributed by atoms with E-state index < -0.39 is 6.43 Å². The van der Waals surface area contributed by atoms with Crippen LogP contribution in [0.4, 0.5) is 19.6 Å². The van der Waals surface area contributed by atoms with Crippen LogP contribution in [0.15, 0.2) is 54.7 Å². The molecule has 1 aliphatic carbocycles. The standard InChI is InChI=1S/C25H25F2N7OS/c26-23(27)12-29-19-8-9-20-22(11-19)36-25(30-20)31-24(35)17-3-1-2-15(10-17)13-34-14-21(32-33-34)16-4-6-18(28)7-5-16/h1-7,10,14,19,23,29H,8-9,11-13,28H2,(H,30,31,35). The van der Waals surface area contributed by atoms with Crippen LogP contribution in [0, 0.1) is 0 Å². The molecule has 4 aromatic rings. The number of nitrogens with zero attached hydrogens (tertiary/aromatic N) is 4. The summed E-state index contributed by atoms with van der Waals surface area (Å²) in [5.41, 5.74) is 10.4. The number of rotatable bonds is 8. The molecule has 0 bridgehead atoms. The quantitative estimate of drug-likeness (QED) is 0.310. The van der Waals surface area contributed by atoms with E-state index in [2.05, 4.69) is 25.9 Å². The topological polar surface area (TPSA) is 111 Å². The number of nitrogen functional groups attached to an aromatic ring is 1. The third kappa shape index (κ3) is 5.74. The lowest BCUT2D eigenvalue weighted by Gasteiger charge is -2.22. The van der Waals surface area contributed by atoms with Gasteiger partial charge in [0.05, 0.1) is 25.0 Å². The van der Waals surface area contributed by atoms with Crippen LogP contribution in [0.2, 0.25) is 0 Å². The molecule has 0 fully saturated rings. The number of benzene rings is 2. The number of hydrogen-bond donors (Lipinski definition) is 3. The van der Waals surface area contributed by atoms with Gasteiger partial charge < -0.3 is 11.1 Å². The molecule has 0 spiro atoms. The molecule has 5 rings (SSSR count). The number of aromatic nitrogens is 4. The number of nitrogens with one attached hydrogen (secondary N) is 2. The molecule has 36 heavy (non-hydrogen) atoms. The zero-order chi connectivity index (χ0) is 25.1. The molecule has 2 aromatic heterocycles. The highest BCUT2D eigenvalue weighted by molar-refractivity contribution is 7.15. The number of nitrogens with two attached hydrogens (primary N) is 1. The van der Waals surface area contributed by atoms with E-state index >= 15 is 0 Å². The first-order chi connectivity index (χ1) is 17.4. The summed E-state index contributed by atoms with van der Waals surface area (Å²) in [5, 5.41) is 14.7. The van der Waals surface area contributed by atoms with Crippen molar-refractivity contribution in [1.82, 2.24) is 25.3 Å². The van der Waals surface area contributed by atoms with Crippen molar-refractivity contribution in [1.29, 1.82) is 0 Å². The van der Waals surface area contributed by atoms with Crippen LogP contribution < -0.4 is 16.4 Å². The Bertz CT molecular complexity index is 1350. The van der Waals surface area contributed by atoms with Crippen molar-refractivity contribution in [2.45, 2.75) is 38.3 Å². The summed E-state index contributed by atoms with van der Waals surface area (Å²) in [5.74, 6) is -0.253. The van der Waals surface area contributed by atoms with Gasteiger partial charge >= 0.3 is 0 Å². The Labute approximate surface area is 210 Å². The van der Waals surface area contributed by atoms with Crippen LogP contribution in [0.5, 0.6) is 0 Å². The Kier molecular flexibility index (Phi) is 7.01. The number of fused-ring (bicyclic) bond motifs is 1. The van der Waals surface area contributed by atoms with E-state index in [-0.39, 0.29) is 18.5 Å². The van der Waals surface area contributed by atoms with Crippen molar-refractivity contribution in [3.63, 3.8) is 0 Å². The maximum absolute atomic E-state index is 12.9. The molecule has 1 unspecified atom stereocenters. The predicted molar refractivity (Wildman–Crippen MR) is 135 cm³/mol. The van der Waals surface area contributed by atoms with Gasteiger partial charge in [-0.15, -0.1) is 16.4 Å². The Balaban J connectivity index is 1.22. The van der Waals surface area contributed by atoms with Gasteiger partial charge in [0.15, 0.2) is 5.13 Å². The second-order valence-electron chi connectivity index (χ2n) is 8.71. The van der Waals surface area contributed by atoms with Crippen molar-refractivity contribution in [2.75, 3.05) is 17.6 Å². The number of amides is 1. The average Bonchev–Trinajstić information content (AvgIpc) is 3.49. The molecule has 11 heteroatoms. The molecule has 0 radical (unpaired) electrons. The van der Waals surface area contributed by atoms with Crippen LogP contribution in [-0.2, 0) is 19.4 Å². The lowest BCUT2D eigenvalue weighted by molar-refractivity contribution is 0.102. The van der Waals surface area contributed by atoms with Gasteiger partial charge in [0, 0.05) is 27.7 Å².